The molecule has 0 aromatic rings. The smallest absolute Gasteiger partial charge is 0.474 e. The molecule has 1 nitrogen and oxygen atoms in total. The van der Waals surface area contributed by atoms with E-state index in [4.69, 9.17) is 0 Å². The second kappa shape index (κ2) is 15.7. The van der Waals surface area contributed by atoms with Gasteiger partial charge in [-0.25, -0.2) is 0 Å². The van der Waals surface area contributed by atoms with Crippen LogP contribution in [-0.4, -0.2) is 16.0 Å². The van der Waals surface area contributed by atoms with Crippen molar-refractivity contribution in [3.05, 3.63) is 25.7 Å². The number of hydrogen-bond donors (Lipinski definition) is 0. The number of hydrogen-bond acceptors (Lipinski definition) is 1. The van der Waals surface area contributed by atoms with Gasteiger partial charge < -0.3 is 4.74 Å². The molecule has 0 bridgehead atoms. The molecule has 0 fully saturated rings. The Kier molecular flexibility index (Phi) is 23.1. The summed E-state index contributed by atoms with van der Waals surface area (Å²) in [5.41, 5.74) is 0. The van der Waals surface area contributed by atoms with Gasteiger partial charge in [-0.1, -0.05) is 13.2 Å². The normalized spacial score (nSPS) is 4.75. The monoisotopic (exact) mass is 252 g/mol. The number of rotatable bonds is 2. The molecule has 0 aliphatic rings. The summed E-state index contributed by atoms with van der Waals surface area (Å²) in [6.07, 6.45) is 2.62. The van der Waals surface area contributed by atoms with Gasteiger partial charge >= 0.3 is 16.0 Å². The van der Waals surface area contributed by atoms with Gasteiger partial charge in [0.25, 0.3) is 0 Å². The molecule has 0 saturated heterocycles. The molecule has 0 spiro atoms. The van der Waals surface area contributed by atoms with Crippen LogP contribution in [0.1, 0.15) is 0 Å². The highest BCUT2D eigenvalue weighted by Gasteiger charge is 1.62. The van der Waals surface area contributed by atoms with E-state index in [0.717, 1.165) is 0 Å². The van der Waals surface area contributed by atoms with Crippen molar-refractivity contribution in [1.29, 1.82) is 0 Å². The first-order valence-corrected chi connectivity index (χ1v) is 9.62. The van der Waals surface area contributed by atoms with E-state index >= 15 is 0 Å². The van der Waals surface area contributed by atoms with Crippen molar-refractivity contribution in [2.75, 3.05) is 0 Å². The van der Waals surface area contributed by atoms with Crippen LogP contribution in [0.3, 0.4) is 0 Å². The van der Waals surface area contributed by atoms with Crippen molar-refractivity contribution in [1.82, 2.24) is 0 Å². The molecule has 0 amide bonds. The lowest BCUT2D eigenvalue weighted by Gasteiger charge is -1.76. The van der Waals surface area contributed by atoms with E-state index in [1.54, 1.807) is 0 Å². The molecule has 0 heterocycles. The summed E-state index contributed by atoms with van der Waals surface area (Å²) in [5.74, 6) is 0. The van der Waals surface area contributed by atoms with Crippen LogP contribution >= 0.6 is 25.8 Å². The molecule has 0 aromatic heterocycles. The molecule has 8 heavy (non-hydrogen) atoms. The molecule has 0 aliphatic carbocycles. The molecule has 0 N–H and O–H groups in total. The molecule has 44 valence electrons. The van der Waals surface area contributed by atoms with Crippen LogP contribution in [0.4, 0.5) is 0 Å². The first-order valence-electron chi connectivity index (χ1n) is 1.82. The van der Waals surface area contributed by atoms with Crippen molar-refractivity contribution >= 4 is 41.8 Å². The van der Waals surface area contributed by atoms with Gasteiger partial charge in [0.2, 0.25) is 0 Å². The summed E-state index contributed by atoms with van der Waals surface area (Å²) in [7, 11) is 0. The standard InChI is InChI=1S/C4H6O.2BrH.Mg/c1-3-5-4-2;;;/h3-4H,1-2H2;2*1H;/q;;;+2/p-2. The maximum absolute atomic E-state index is 4.36. The van der Waals surface area contributed by atoms with Gasteiger partial charge in [-0.2, -0.15) is 0 Å². The minimum absolute atomic E-state index is 0.0417. The van der Waals surface area contributed by atoms with Gasteiger partial charge in [0.05, 0.1) is 12.5 Å². The minimum Gasteiger partial charge on any atom is -0.474 e. The minimum atomic E-state index is 0.0417. The number of ether oxygens (including phenoxy) is 1. The molecule has 4 heteroatoms. The fourth-order valence-corrected chi connectivity index (χ4v) is 0.0680. The molecule has 0 radical (unpaired) electrons. The van der Waals surface area contributed by atoms with Crippen molar-refractivity contribution in [2.45, 2.75) is 0 Å². The summed E-state index contributed by atoms with van der Waals surface area (Å²) in [6, 6.07) is 0. The molecular formula is C4H6Br2MgO. The van der Waals surface area contributed by atoms with E-state index in [-0.39, 0.29) is 16.0 Å². The van der Waals surface area contributed by atoms with Gasteiger partial charge in [0, 0.05) is 0 Å². The van der Waals surface area contributed by atoms with Crippen LogP contribution in [0.5, 0.6) is 0 Å². The second-order valence-corrected chi connectivity index (χ2v) is 8.65. The van der Waals surface area contributed by atoms with Gasteiger partial charge in [-0.15, -0.1) is 0 Å². The Labute approximate surface area is 71.6 Å². The summed E-state index contributed by atoms with van der Waals surface area (Å²) >= 11 is 6.44. The zero-order valence-electron chi connectivity index (χ0n) is 4.44. The summed E-state index contributed by atoms with van der Waals surface area (Å²) in [5, 5.41) is 0. The molecule has 0 rings (SSSR count). The third-order valence-electron chi connectivity index (χ3n) is 0.192. The van der Waals surface area contributed by atoms with Gasteiger partial charge in [0.1, 0.15) is 0 Å². The summed E-state index contributed by atoms with van der Waals surface area (Å²) in [6.45, 7) is 6.51. The first-order chi connectivity index (χ1) is 3.83. The molecule has 0 aliphatic heterocycles. The van der Waals surface area contributed by atoms with Gasteiger partial charge in [-0.3, -0.25) is 25.8 Å². The zero-order chi connectivity index (χ0) is 6.83. The lowest BCUT2D eigenvalue weighted by Crippen LogP contribution is -1.52. The Morgan fingerprint density at radius 3 is 1.50 bits per heavy atom. The largest absolute Gasteiger partial charge is 0.560 e. The van der Waals surface area contributed by atoms with Gasteiger partial charge in [-0.05, 0) is 0 Å². The maximum atomic E-state index is 4.36. The van der Waals surface area contributed by atoms with Crippen molar-refractivity contribution in [3.63, 3.8) is 0 Å². The predicted molar refractivity (Wildman–Crippen MR) is 45.1 cm³/mol. The highest BCUT2D eigenvalue weighted by molar-refractivity contribution is 9.47. The van der Waals surface area contributed by atoms with Crippen LogP contribution in [0.25, 0.3) is 0 Å². The zero-order valence-corrected chi connectivity index (χ0v) is 9.03. The van der Waals surface area contributed by atoms with E-state index in [1.165, 1.54) is 12.5 Å². The Bertz CT molecular complexity index is 52.0. The van der Waals surface area contributed by atoms with Crippen LogP contribution in [-0.2, 0) is 4.74 Å². The Morgan fingerprint density at radius 1 is 1.25 bits per heavy atom. The predicted octanol–water partition coefficient (Wildman–Crippen LogP) is 2.60. The van der Waals surface area contributed by atoms with E-state index in [2.05, 4.69) is 43.7 Å². The lowest BCUT2D eigenvalue weighted by molar-refractivity contribution is 0.406. The topological polar surface area (TPSA) is 9.23 Å². The van der Waals surface area contributed by atoms with Gasteiger partial charge in [0.15, 0.2) is 0 Å². The molecule has 0 unspecified atom stereocenters. The van der Waals surface area contributed by atoms with Crippen LogP contribution < -0.4 is 0 Å². The van der Waals surface area contributed by atoms with Crippen molar-refractivity contribution < 1.29 is 4.74 Å². The molecule has 0 saturated carbocycles. The van der Waals surface area contributed by atoms with Crippen LogP contribution in [0.2, 0.25) is 0 Å². The van der Waals surface area contributed by atoms with E-state index in [0.29, 0.717) is 0 Å². The average Bonchev–Trinajstić information content (AvgIpc) is 1.71. The molecular weight excluding hydrogens is 248 g/mol. The third kappa shape index (κ3) is 28.0. The fraction of sp³-hybridized carbons (Fsp3) is 0. The van der Waals surface area contributed by atoms with Crippen molar-refractivity contribution in [3.8, 4) is 0 Å². The second-order valence-electron chi connectivity index (χ2n) is 0.570. The Morgan fingerprint density at radius 2 is 1.50 bits per heavy atom. The molecule has 0 atom stereocenters. The SMILES string of the molecule is C=COC=C.[Br][Mg][Br]. The van der Waals surface area contributed by atoms with E-state index in [9.17, 15) is 0 Å². The Balaban J connectivity index is 0. The average molecular weight is 254 g/mol. The summed E-state index contributed by atoms with van der Waals surface area (Å²) < 4.78 is 4.36. The summed E-state index contributed by atoms with van der Waals surface area (Å²) in [4.78, 5) is 0. The number of halogens is 2. The third-order valence-corrected chi connectivity index (χ3v) is 0.192. The molecule has 0 aromatic carbocycles. The van der Waals surface area contributed by atoms with Crippen LogP contribution in [0.15, 0.2) is 25.7 Å². The van der Waals surface area contributed by atoms with Crippen LogP contribution in [0, 0.1) is 0 Å². The lowest BCUT2D eigenvalue weighted by atomic mass is 11.1. The fourth-order valence-electron chi connectivity index (χ4n) is 0.0680. The highest BCUT2D eigenvalue weighted by Crippen LogP contribution is 1.77. The maximum Gasteiger partial charge on any atom is 0.560 e. The quantitative estimate of drug-likeness (QED) is 0.543. The van der Waals surface area contributed by atoms with Crippen molar-refractivity contribution in [2.24, 2.45) is 0 Å². The first kappa shape index (κ1) is 11.8. The van der Waals surface area contributed by atoms with E-state index < -0.39 is 0 Å². The Hall–Kier alpha value is 1.01. The van der Waals surface area contributed by atoms with E-state index in [1.807, 2.05) is 0 Å². The highest BCUT2D eigenvalue weighted by atomic mass is 79.9.